The lowest BCUT2D eigenvalue weighted by Crippen LogP contribution is -2.28. The van der Waals surface area contributed by atoms with Gasteiger partial charge in [0.1, 0.15) is 0 Å². The predicted molar refractivity (Wildman–Crippen MR) is 73.9 cm³/mol. The molecule has 10 heteroatoms. The van der Waals surface area contributed by atoms with Crippen molar-refractivity contribution < 1.29 is 32.4 Å². The van der Waals surface area contributed by atoms with E-state index in [4.69, 9.17) is 5.11 Å². The first-order valence-corrected chi connectivity index (χ1v) is 6.67. The number of carbonyl (C=O) groups excluding carboxylic acids is 1. The maximum Gasteiger partial charge on any atom is 0.471 e. The fourth-order valence-electron chi connectivity index (χ4n) is 1.80. The van der Waals surface area contributed by atoms with Crippen LogP contribution in [0.1, 0.15) is 22.7 Å². The third-order valence-corrected chi connectivity index (χ3v) is 3.07. The van der Waals surface area contributed by atoms with E-state index in [1.54, 1.807) is 0 Å². The molecule has 24 heavy (non-hydrogen) atoms. The van der Waals surface area contributed by atoms with Crippen molar-refractivity contribution in [3.05, 3.63) is 35.7 Å². The van der Waals surface area contributed by atoms with Gasteiger partial charge >= 0.3 is 18.0 Å². The molecule has 1 N–H and O–H groups in total. The van der Waals surface area contributed by atoms with Crippen LogP contribution in [-0.4, -0.2) is 45.6 Å². The van der Waals surface area contributed by atoms with E-state index < -0.39 is 23.9 Å². The largest absolute Gasteiger partial charge is 0.481 e. The topological polar surface area (TPSA) is 96.5 Å². The molecule has 1 aromatic heterocycles. The number of hydrogen-bond donors (Lipinski definition) is 1. The molecule has 0 radical (unpaired) electrons. The molecular formula is C14H12F3N3O4. The second-order valence-electron chi connectivity index (χ2n) is 4.87. The van der Waals surface area contributed by atoms with Crippen LogP contribution in [0.4, 0.5) is 13.2 Å². The van der Waals surface area contributed by atoms with E-state index in [0.717, 1.165) is 0 Å². The second-order valence-corrected chi connectivity index (χ2v) is 4.87. The third-order valence-electron chi connectivity index (χ3n) is 3.07. The number of rotatable bonds is 5. The van der Waals surface area contributed by atoms with Crippen LogP contribution < -0.4 is 0 Å². The van der Waals surface area contributed by atoms with Gasteiger partial charge in [0, 0.05) is 24.7 Å². The van der Waals surface area contributed by atoms with E-state index >= 15 is 0 Å². The van der Waals surface area contributed by atoms with Crippen molar-refractivity contribution in [2.24, 2.45) is 0 Å². The van der Waals surface area contributed by atoms with Crippen molar-refractivity contribution in [2.75, 3.05) is 13.6 Å². The van der Waals surface area contributed by atoms with Crippen LogP contribution >= 0.6 is 0 Å². The molecule has 1 heterocycles. The lowest BCUT2D eigenvalue weighted by molar-refractivity contribution is -0.159. The highest BCUT2D eigenvalue weighted by Gasteiger charge is 2.38. The van der Waals surface area contributed by atoms with E-state index in [1.165, 1.54) is 36.2 Å². The Bertz CT molecular complexity index is 740. The molecule has 0 bridgehead atoms. The molecule has 0 unspecified atom stereocenters. The Balaban J connectivity index is 2.11. The summed E-state index contributed by atoms with van der Waals surface area (Å²) in [6.07, 6.45) is -4.92. The molecule has 1 aromatic carbocycles. The lowest BCUT2D eigenvalue weighted by atomic mass is 10.1. The van der Waals surface area contributed by atoms with Crippen LogP contribution in [0, 0.1) is 0 Å². The summed E-state index contributed by atoms with van der Waals surface area (Å²) in [5.74, 6) is -3.14. The molecule has 0 atom stereocenters. The number of halogens is 3. The van der Waals surface area contributed by atoms with Gasteiger partial charge in [0.2, 0.25) is 5.82 Å². The molecule has 0 saturated carbocycles. The van der Waals surface area contributed by atoms with Crippen LogP contribution in [0.2, 0.25) is 0 Å². The van der Waals surface area contributed by atoms with Crippen molar-refractivity contribution in [3.8, 4) is 11.4 Å². The molecule has 2 rings (SSSR count). The molecule has 0 aliphatic rings. The van der Waals surface area contributed by atoms with Crippen molar-refractivity contribution >= 4 is 11.9 Å². The SMILES string of the molecule is CN(CCC(=O)O)C(=O)c1ccc(-c2noc(C(F)(F)F)n2)cc1. The number of carbonyl (C=O) groups is 2. The van der Waals surface area contributed by atoms with E-state index in [1.807, 2.05) is 0 Å². The first-order valence-electron chi connectivity index (χ1n) is 6.67. The number of carboxylic acid groups (broad SMARTS) is 1. The van der Waals surface area contributed by atoms with Gasteiger partial charge in [-0.3, -0.25) is 9.59 Å². The quantitative estimate of drug-likeness (QED) is 0.895. The summed E-state index contributed by atoms with van der Waals surface area (Å²) in [6.45, 7) is 0.0374. The summed E-state index contributed by atoms with van der Waals surface area (Å²) < 4.78 is 41.4. The van der Waals surface area contributed by atoms with Gasteiger partial charge in [0.05, 0.1) is 6.42 Å². The summed E-state index contributed by atoms with van der Waals surface area (Å²) >= 11 is 0. The van der Waals surface area contributed by atoms with Gasteiger partial charge in [-0.2, -0.15) is 18.2 Å². The molecular weight excluding hydrogens is 331 g/mol. The van der Waals surface area contributed by atoms with Crippen molar-refractivity contribution in [2.45, 2.75) is 12.6 Å². The molecule has 0 fully saturated rings. The molecule has 7 nitrogen and oxygen atoms in total. The van der Waals surface area contributed by atoms with Gasteiger partial charge in [-0.1, -0.05) is 17.3 Å². The second kappa shape index (κ2) is 6.69. The first kappa shape index (κ1) is 17.4. The summed E-state index contributed by atoms with van der Waals surface area (Å²) in [6, 6.07) is 5.53. The zero-order valence-corrected chi connectivity index (χ0v) is 12.4. The molecule has 0 aliphatic carbocycles. The minimum absolute atomic E-state index is 0.0374. The van der Waals surface area contributed by atoms with Crippen LogP contribution in [0.15, 0.2) is 28.8 Å². The van der Waals surface area contributed by atoms with Crippen LogP contribution in [-0.2, 0) is 11.0 Å². The molecule has 0 aliphatic heterocycles. The van der Waals surface area contributed by atoms with Crippen LogP contribution in [0.5, 0.6) is 0 Å². The smallest absolute Gasteiger partial charge is 0.471 e. The summed E-state index contributed by atoms with van der Waals surface area (Å²) in [5.41, 5.74) is 0.505. The van der Waals surface area contributed by atoms with Gasteiger partial charge in [0.25, 0.3) is 5.91 Å². The minimum atomic E-state index is -4.73. The Morgan fingerprint density at radius 2 is 1.88 bits per heavy atom. The molecule has 0 spiro atoms. The van der Waals surface area contributed by atoms with Crippen molar-refractivity contribution in [1.82, 2.24) is 15.0 Å². The van der Waals surface area contributed by atoms with Gasteiger partial charge < -0.3 is 14.5 Å². The summed E-state index contributed by atoms with van der Waals surface area (Å²) in [5, 5.41) is 11.8. The number of carboxylic acids is 1. The number of nitrogens with zero attached hydrogens (tertiary/aromatic N) is 3. The van der Waals surface area contributed by atoms with Gasteiger partial charge in [-0.15, -0.1) is 0 Å². The third kappa shape index (κ3) is 4.09. The highest BCUT2D eigenvalue weighted by Crippen LogP contribution is 2.29. The molecule has 0 saturated heterocycles. The zero-order valence-electron chi connectivity index (χ0n) is 12.4. The fourth-order valence-corrected chi connectivity index (χ4v) is 1.80. The maximum atomic E-state index is 12.4. The number of hydrogen-bond acceptors (Lipinski definition) is 5. The average molecular weight is 343 g/mol. The van der Waals surface area contributed by atoms with Gasteiger partial charge in [-0.25, -0.2) is 0 Å². The minimum Gasteiger partial charge on any atom is -0.481 e. The fraction of sp³-hybridized carbons (Fsp3) is 0.286. The molecule has 2 aromatic rings. The first-order chi connectivity index (χ1) is 11.2. The van der Waals surface area contributed by atoms with Crippen molar-refractivity contribution in [3.63, 3.8) is 0 Å². The Labute approximate surface area is 133 Å². The standard InChI is InChI=1S/C14H12F3N3O4/c1-20(7-6-10(21)22)12(23)9-4-2-8(3-5-9)11-18-13(24-19-11)14(15,16)17/h2-5H,6-7H2,1H3,(H,21,22). The average Bonchev–Trinajstić information content (AvgIpc) is 3.02. The van der Waals surface area contributed by atoms with E-state index in [0.29, 0.717) is 0 Å². The van der Waals surface area contributed by atoms with E-state index in [-0.39, 0.29) is 29.9 Å². The van der Waals surface area contributed by atoms with Crippen LogP contribution in [0.3, 0.4) is 0 Å². The number of aliphatic carboxylic acids is 1. The molecule has 128 valence electrons. The Hall–Kier alpha value is -2.91. The number of alkyl halides is 3. The van der Waals surface area contributed by atoms with Crippen LogP contribution in [0.25, 0.3) is 11.4 Å². The highest BCUT2D eigenvalue weighted by atomic mass is 19.4. The van der Waals surface area contributed by atoms with Gasteiger partial charge in [0.15, 0.2) is 0 Å². The lowest BCUT2D eigenvalue weighted by Gasteiger charge is -2.16. The van der Waals surface area contributed by atoms with Gasteiger partial charge in [-0.05, 0) is 12.1 Å². The highest BCUT2D eigenvalue weighted by molar-refractivity contribution is 5.94. The number of benzene rings is 1. The Morgan fingerprint density at radius 3 is 2.38 bits per heavy atom. The van der Waals surface area contributed by atoms with E-state index in [2.05, 4.69) is 14.7 Å². The predicted octanol–water partition coefficient (Wildman–Crippen LogP) is 2.30. The molecule has 1 amide bonds. The number of amides is 1. The zero-order chi connectivity index (χ0) is 17.9. The van der Waals surface area contributed by atoms with E-state index in [9.17, 15) is 22.8 Å². The Morgan fingerprint density at radius 1 is 1.25 bits per heavy atom. The maximum absolute atomic E-state index is 12.4. The van der Waals surface area contributed by atoms with Crippen molar-refractivity contribution in [1.29, 1.82) is 0 Å². The normalized spacial score (nSPS) is 11.3. The summed E-state index contributed by atoms with van der Waals surface area (Å²) in [7, 11) is 1.45. The monoisotopic (exact) mass is 343 g/mol. The summed E-state index contributed by atoms with van der Waals surface area (Å²) in [4.78, 5) is 27.1. The Kier molecular flexibility index (Phi) is 4.86. The number of aromatic nitrogens is 2.